The monoisotopic (exact) mass is 468 g/mol. The number of rotatable bonds is 10. The number of sulfonamides is 1. The van der Waals surface area contributed by atoms with Gasteiger partial charge in [-0.2, -0.15) is 0 Å². The first-order valence-corrected chi connectivity index (χ1v) is 11.5. The van der Waals surface area contributed by atoms with Crippen molar-refractivity contribution in [3.05, 3.63) is 53.1 Å². The first-order valence-electron chi connectivity index (χ1n) is 9.61. The Bertz CT molecular complexity index is 1020. The summed E-state index contributed by atoms with van der Waals surface area (Å²) < 4.78 is 37.3. The molecule has 1 amide bonds. The van der Waals surface area contributed by atoms with Gasteiger partial charge in [0.2, 0.25) is 10.0 Å². The molecule has 0 aliphatic heterocycles. The molecule has 168 valence electrons. The fraction of sp³-hybridized carbons (Fsp3) is 0.333. The number of hydrogen-bond acceptors (Lipinski definition) is 6. The highest BCUT2D eigenvalue weighted by Crippen LogP contribution is 2.20. The van der Waals surface area contributed by atoms with Crippen LogP contribution in [0.3, 0.4) is 0 Å². The number of esters is 1. The van der Waals surface area contributed by atoms with E-state index < -0.39 is 28.0 Å². The van der Waals surface area contributed by atoms with Crippen LogP contribution in [0.2, 0.25) is 5.02 Å². The van der Waals surface area contributed by atoms with E-state index in [2.05, 4.69) is 10.0 Å². The number of anilines is 1. The summed E-state index contributed by atoms with van der Waals surface area (Å²) in [7, 11) is -3.79. The number of carbonyl (C=O) groups is 2. The van der Waals surface area contributed by atoms with Crippen molar-refractivity contribution in [3.63, 3.8) is 0 Å². The van der Waals surface area contributed by atoms with E-state index in [1.807, 2.05) is 6.92 Å². The summed E-state index contributed by atoms with van der Waals surface area (Å²) in [6.07, 6.45) is -1.29. The fourth-order valence-electron chi connectivity index (χ4n) is 2.53. The van der Waals surface area contributed by atoms with Crippen molar-refractivity contribution in [2.75, 3.05) is 18.5 Å². The number of halogens is 1. The van der Waals surface area contributed by atoms with E-state index in [1.54, 1.807) is 37.3 Å². The van der Waals surface area contributed by atoms with Gasteiger partial charge in [-0.25, -0.2) is 13.1 Å². The van der Waals surface area contributed by atoms with Gasteiger partial charge in [0, 0.05) is 17.3 Å². The van der Waals surface area contributed by atoms with E-state index in [-0.39, 0.29) is 17.9 Å². The van der Waals surface area contributed by atoms with E-state index in [1.165, 1.54) is 19.1 Å². The van der Waals surface area contributed by atoms with Crippen LogP contribution >= 0.6 is 11.6 Å². The molecule has 0 saturated heterocycles. The summed E-state index contributed by atoms with van der Waals surface area (Å²) in [5.74, 6) is -0.668. The van der Waals surface area contributed by atoms with Gasteiger partial charge in [0.15, 0.2) is 6.10 Å². The van der Waals surface area contributed by atoms with E-state index >= 15 is 0 Å². The predicted octanol–water partition coefficient (Wildman–Crippen LogP) is 3.29. The number of hydrogen-bond donors (Lipinski definition) is 2. The molecule has 8 nitrogen and oxygen atoms in total. The van der Waals surface area contributed by atoms with E-state index in [4.69, 9.17) is 21.1 Å². The summed E-state index contributed by atoms with van der Waals surface area (Å²) in [6, 6.07) is 11.0. The van der Waals surface area contributed by atoms with Crippen molar-refractivity contribution in [1.29, 1.82) is 0 Å². The molecule has 0 bridgehead atoms. The van der Waals surface area contributed by atoms with Gasteiger partial charge >= 0.3 is 5.97 Å². The molecule has 1 atom stereocenters. The lowest BCUT2D eigenvalue weighted by Crippen LogP contribution is -2.32. The minimum atomic E-state index is -3.79. The second kappa shape index (κ2) is 11.1. The summed E-state index contributed by atoms with van der Waals surface area (Å²) in [5.41, 5.74) is 1.32. The van der Waals surface area contributed by atoms with Crippen LogP contribution in [0.5, 0.6) is 5.75 Å². The van der Waals surface area contributed by atoms with Crippen LogP contribution in [0.25, 0.3) is 0 Å². The number of carbonyl (C=O) groups excluding carboxylic acids is 2. The highest BCUT2D eigenvalue weighted by atomic mass is 35.5. The lowest BCUT2D eigenvalue weighted by atomic mass is 10.2. The third kappa shape index (κ3) is 7.54. The Balaban J connectivity index is 1.82. The van der Waals surface area contributed by atoms with Crippen LogP contribution in [0.4, 0.5) is 5.69 Å². The molecule has 0 fully saturated rings. The maximum Gasteiger partial charge on any atom is 0.307 e. The molecular formula is C21H25ClN2O6S. The maximum atomic E-state index is 12.3. The minimum Gasteiger partial charge on any atom is -0.494 e. The molecule has 0 saturated carbocycles. The topological polar surface area (TPSA) is 111 Å². The van der Waals surface area contributed by atoms with Crippen molar-refractivity contribution in [3.8, 4) is 5.75 Å². The number of amides is 1. The van der Waals surface area contributed by atoms with Gasteiger partial charge < -0.3 is 14.8 Å². The SMILES string of the molecule is CCOc1ccc(S(=O)(=O)NCCC(=O)OC(C)C(=O)Nc2cc(Cl)ccc2C)cc1. The molecule has 0 aromatic heterocycles. The number of benzene rings is 2. The predicted molar refractivity (Wildman–Crippen MR) is 118 cm³/mol. The van der Waals surface area contributed by atoms with Crippen LogP contribution in [-0.4, -0.2) is 39.5 Å². The normalized spacial score (nSPS) is 12.1. The summed E-state index contributed by atoms with van der Waals surface area (Å²) >= 11 is 5.93. The zero-order chi connectivity index (χ0) is 23.0. The molecule has 10 heteroatoms. The third-order valence-electron chi connectivity index (χ3n) is 4.20. The van der Waals surface area contributed by atoms with Crippen LogP contribution < -0.4 is 14.8 Å². The molecule has 0 radical (unpaired) electrons. The van der Waals surface area contributed by atoms with Crippen molar-refractivity contribution in [2.45, 2.75) is 38.2 Å². The molecule has 2 aromatic carbocycles. The zero-order valence-corrected chi connectivity index (χ0v) is 19.0. The Hall–Kier alpha value is -2.62. The van der Waals surface area contributed by atoms with E-state index in [0.29, 0.717) is 23.1 Å². The summed E-state index contributed by atoms with van der Waals surface area (Å²) in [5, 5.41) is 3.11. The molecule has 2 aromatic rings. The summed E-state index contributed by atoms with van der Waals surface area (Å²) in [6.45, 7) is 5.36. The average Bonchev–Trinajstić information content (AvgIpc) is 2.71. The smallest absolute Gasteiger partial charge is 0.307 e. The summed E-state index contributed by atoms with van der Waals surface area (Å²) in [4.78, 5) is 24.3. The fourth-order valence-corrected chi connectivity index (χ4v) is 3.73. The molecule has 0 aliphatic rings. The Morgan fingerprint density at radius 1 is 1.13 bits per heavy atom. The van der Waals surface area contributed by atoms with Gasteiger partial charge in [0.25, 0.3) is 5.91 Å². The van der Waals surface area contributed by atoms with Crippen molar-refractivity contribution in [2.24, 2.45) is 0 Å². The van der Waals surface area contributed by atoms with E-state index in [9.17, 15) is 18.0 Å². The van der Waals surface area contributed by atoms with Crippen LogP contribution in [0, 0.1) is 6.92 Å². The quantitative estimate of drug-likeness (QED) is 0.517. The van der Waals surface area contributed by atoms with Crippen LogP contribution in [0.1, 0.15) is 25.8 Å². The largest absolute Gasteiger partial charge is 0.494 e. The Morgan fingerprint density at radius 3 is 2.45 bits per heavy atom. The van der Waals surface area contributed by atoms with Gasteiger partial charge in [-0.1, -0.05) is 17.7 Å². The second-order valence-electron chi connectivity index (χ2n) is 6.63. The Kier molecular flexibility index (Phi) is 8.85. The van der Waals surface area contributed by atoms with Crippen molar-refractivity contribution in [1.82, 2.24) is 4.72 Å². The molecule has 2 rings (SSSR count). The van der Waals surface area contributed by atoms with Crippen molar-refractivity contribution < 1.29 is 27.5 Å². The standard InChI is InChI=1S/C21H25ClN2O6S/c1-4-29-17-7-9-18(10-8-17)31(27,28)23-12-11-20(25)30-15(3)21(26)24-19-13-16(22)6-5-14(19)2/h5-10,13,15,23H,4,11-12H2,1-3H3,(H,24,26). The van der Waals surface area contributed by atoms with E-state index in [0.717, 1.165) is 5.56 Å². The molecule has 1 unspecified atom stereocenters. The Morgan fingerprint density at radius 2 is 1.81 bits per heavy atom. The van der Waals surface area contributed by atoms with Gasteiger partial charge in [-0.15, -0.1) is 0 Å². The molecule has 31 heavy (non-hydrogen) atoms. The Labute approximate surface area is 186 Å². The third-order valence-corrected chi connectivity index (χ3v) is 5.91. The minimum absolute atomic E-state index is 0.0500. The lowest BCUT2D eigenvalue weighted by molar-refractivity contribution is -0.152. The molecule has 2 N–H and O–H groups in total. The lowest BCUT2D eigenvalue weighted by Gasteiger charge is -2.15. The second-order valence-corrected chi connectivity index (χ2v) is 8.84. The number of nitrogens with one attached hydrogen (secondary N) is 2. The maximum absolute atomic E-state index is 12.3. The highest BCUT2D eigenvalue weighted by Gasteiger charge is 2.20. The first kappa shape index (κ1) is 24.6. The van der Waals surface area contributed by atoms with Gasteiger partial charge in [0.1, 0.15) is 5.75 Å². The van der Waals surface area contributed by atoms with Gasteiger partial charge in [0.05, 0.1) is 17.9 Å². The highest BCUT2D eigenvalue weighted by molar-refractivity contribution is 7.89. The number of aryl methyl sites for hydroxylation is 1. The molecule has 0 aliphatic carbocycles. The zero-order valence-electron chi connectivity index (χ0n) is 17.5. The van der Waals surface area contributed by atoms with Crippen LogP contribution in [0.15, 0.2) is 47.4 Å². The molecule has 0 heterocycles. The van der Waals surface area contributed by atoms with Gasteiger partial charge in [-0.05, 0) is 62.7 Å². The van der Waals surface area contributed by atoms with Crippen LogP contribution in [-0.2, 0) is 24.3 Å². The molecular weight excluding hydrogens is 444 g/mol. The average molecular weight is 469 g/mol. The first-order chi connectivity index (χ1) is 14.6. The van der Waals surface area contributed by atoms with Crippen molar-refractivity contribution >= 4 is 39.2 Å². The van der Waals surface area contributed by atoms with Gasteiger partial charge in [-0.3, -0.25) is 9.59 Å². The molecule has 0 spiro atoms. The number of ether oxygens (including phenoxy) is 2.